The van der Waals surface area contributed by atoms with Crippen molar-refractivity contribution in [1.29, 1.82) is 0 Å². The first-order valence-electron chi connectivity index (χ1n) is 20.4. The minimum atomic E-state index is -0.485. The molecule has 3 fully saturated rings. The Labute approximate surface area is 363 Å². The summed E-state index contributed by atoms with van der Waals surface area (Å²) in [4.78, 5) is 68.0. The van der Waals surface area contributed by atoms with Gasteiger partial charge in [0.05, 0.1) is 61.2 Å². The Morgan fingerprint density at radius 2 is 1.42 bits per heavy atom. The predicted octanol–water partition coefficient (Wildman–Crippen LogP) is 6.01. The van der Waals surface area contributed by atoms with Gasteiger partial charge < -0.3 is 29.8 Å². The van der Waals surface area contributed by atoms with Gasteiger partial charge in [-0.15, -0.1) is 0 Å². The van der Waals surface area contributed by atoms with Gasteiger partial charge in [0.25, 0.3) is 5.91 Å². The van der Waals surface area contributed by atoms with Crippen LogP contribution >= 0.6 is 15.9 Å². The summed E-state index contributed by atoms with van der Waals surface area (Å²) in [6, 6.07) is 9.17. The van der Waals surface area contributed by atoms with Crippen LogP contribution in [0.25, 0.3) is 34.2 Å². The fraction of sp³-hybridized carbons (Fsp3) is 0.378. The lowest BCUT2D eigenvalue weighted by Crippen LogP contribution is -2.65. The number of benzene rings is 2. The zero-order valence-corrected chi connectivity index (χ0v) is 35.5. The Hall–Kier alpha value is -5.94. The SMILES string of the molecule is COc1ccc(-c2ncc3c(n2)-c2[nH]c4c(c2CC3)C(=O)NC2(COC2)C4)cc1F.COc1ccc(-c2ncc3c(n2)C(=O)C(Br)CC3)cc1F.O=C1CC(=O)NC2(CCC2)C1. The normalized spacial score (nSPS) is 19.7. The topological polar surface area (TPSA) is 187 Å². The molecule has 62 heavy (non-hydrogen) atoms. The van der Waals surface area contributed by atoms with Crippen LogP contribution in [0, 0.1) is 11.6 Å². The number of aryl methyl sites for hydroxylation is 2. The van der Waals surface area contributed by atoms with E-state index in [0.717, 1.165) is 90.7 Å². The van der Waals surface area contributed by atoms with Gasteiger partial charge in [0, 0.05) is 47.6 Å². The van der Waals surface area contributed by atoms with Gasteiger partial charge in [0.15, 0.2) is 40.6 Å². The number of carbonyl (C=O) groups is 4. The van der Waals surface area contributed by atoms with E-state index in [1.165, 1.54) is 32.4 Å². The first-order valence-corrected chi connectivity index (χ1v) is 21.3. The zero-order chi connectivity index (χ0) is 43.3. The number of amides is 2. The van der Waals surface area contributed by atoms with Crippen molar-refractivity contribution >= 4 is 39.3 Å². The summed E-state index contributed by atoms with van der Waals surface area (Å²) < 4.78 is 43.2. The number of nitrogens with one attached hydrogen (secondary N) is 3. The van der Waals surface area contributed by atoms with Crippen LogP contribution in [0.15, 0.2) is 48.8 Å². The number of halogens is 3. The fourth-order valence-electron chi connectivity index (χ4n) is 8.89. The third-order valence-electron chi connectivity index (χ3n) is 12.3. The summed E-state index contributed by atoms with van der Waals surface area (Å²) in [7, 11) is 2.83. The number of piperidine rings is 1. The quantitative estimate of drug-likeness (QED) is 0.142. The van der Waals surface area contributed by atoms with E-state index in [1.54, 1.807) is 30.6 Å². The minimum absolute atomic E-state index is 0.0473. The second-order valence-electron chi connectivity index (χ2n) is 16.5. The summed E-state index contributed by atoms with van der Waals surface area (Å²) in [5.41, 5.74) is 7.28. The van der Waals surface area contributed by atoms with Gasteiger partial charge >= 0.3 is 0 Å². The van der Waals surface area contributed by atoms with Crippen molar-refractivity contribution in [2.75, 3.05) is 27.4 Å². The Morgan fingerprint density at radius 1 is 0.790 bits per heavy atom. The Morgan fingerprint density at radius 3 is 1.97 bits per heavy atom. The molecule has 3 N–H and O–H groups in total. The number of nitrogens with zero attached hydrogens (tertiary/aromatic N) is 4. The second kappa shape index (κ2) is 16.4. The number of hydrogen-bond acceptors (Lipinski definition) is 11. The number of methoxy groups -OCH3 is 2. The average molecular weight is 911 g/mol. The minimum Gasteiger partial charge on any atom is -0.494 e. The number of fused-ring (bicyclic) bond motifs is 6. The molecule has 3 aliphatic carbocycles. The van der Waals surface area contributed by atoms with Crippen LogP contribution in [0.4, 0.5) is 8.78 Å². The standard InChI is InChI=1S/C22H19FN4O3.C15H12BrFN2O2.C8H11NO2/c1-29-16-5-3-11(6-14(16)23)20-24-8-12-2-4-13-17-15(25-19(13)18(12)26-20)7-22(9-30-10-22)27-21(17)28;1-21-12-5-3-8(6-11(12)17)15-18-7-9-2-4-10(16)14(20)13(9)19-15;10-6-4-7(11)9-8(5-6)2-1-3-8/h3,5-6,8,25H,2,4,7,9-10H2,1H3,(H,27,28);3,5-7,10H,2,4H2,1H3;1-5H2,(H,9,11). The van der Waals surface area contributed by atoms with Crippen molar-refractivity contribution in [2.45, 2.75) is 80.1 Å². The lowest BCUT2D eigenvalue weighted by atomic mass is 9.71. The highest BCUT2D eigenvalue weighted by Gasteiger charge is 2.47. The van der Waals surface area contributed by atoms with E-state index >= 15 is 0 Å². The lowest BCUT2D eigenvalue weighted by Gasteiger charge is -2.44. The van der Waals surface area contributed by atoms with Crippen LogP contribution in [-0.4, -0.2) is 91.6 Å². The number of hydrogen-bond donors (Lipinski definition) is 3. The van der Waals surface area contributed by atoms with Crippen LogP contribution in [-0.2, 0) is 40.0 Å². The summed E-state index contributed by atoms with van der Waals surface area (Å²) in [6.07, 6.45) is 11.0. The van der Waals surface area contributed by atoms with Gasteiger partial charge in [-0.1, -0.05) is 15.9 Å². The van der Waals surface area contributed by atoms with E-state index in [2.05, 4.69) is 46.5 Å². The summed E-state index contributed by atoms with van der Waals surface area (Å²) in [5.74, 6) is 0.0897. The maximum Gasteiger partial charge on any atom is 0.254 e. The third kappa shape index (κ3) is 7.76. The van der Waals surface area contributed by atoms with Crippen molar-refractivity contribution in [1.82, 2.24) is 35.6 Å². The molecule has 2 saturated heterocycles. The molecule has 0 bridgehead atoms. The number of ketones is 2. The molecule has 320 valence electrons. The smallest absolute Gasteiger partial charge is 0.254 e. The van der Waals surface area contributed by atoms with Gasteiger partial charge in [0.1, 0.15) is 11.5 Å². The number of ether oxygens (including phenoxy) is 3. The Bertz CT molecular complexity index is 2640. The van der Waals surface area contributed by atoms with Gasteiger partial charge in [-0.3, -0.25) is 19.2 Å². The molecule has 2 amide bonds. The first kappa shape index (κ1) is 41.4. The molecular formula is C45H42BrF2N7O7. The van der Waals surface area contributed by atoms with Crippen molar-refractivity contribution in [2.24, 2.45) is 0 Å². The molecule has 17 heteroatoms. The molecule has 2 aromatic carbocycles. The molecule has 5 aromatic rings. The van der Waals surface area contributed by atoms with Gasteiger partial charge in [-0.25, -0.2) is 28.7 Å². The zero-order valence-electron chi connectivity index (χ0n) is 34.0. The van der Waals surface area contributed by atoms with E-state index in [9.17, 15) is 28.0 Å². The van der Waals surface area contributed by atoms with Gasteiger partial charge in [0.2, 0.25) is 5.91 Å². The molecule has 6 aliphatic rings. The fourth-order valence-corrected chi connectivity index (χ4v) is 9.34. The molecule has 1 unspecified atom stereocenters. The summed E-state index contributed by atoms with van der Waals surface area (Å²) in [5, 5.41) is 6.03. The van der Waals surface area contributed by atoms with Crippen LogP contribution in [0.3, 0.4) is 0 Å². The molecule has 3 aliphatic heterocycles. The number of rotatable bonds is 4. The summed E-state index contributed by atoms with van der Waals surface area (Å²) >= 11 is 3.35. The van der Waals surface area contributed by atoms with Crippen molar-refractivity contribution < 1.29 is 42.2 Å². The van der Waals surface area contributed by atoms with Crippen LogP contribution in [0.5, 0.6) is 11.5 Å². The van der Waals surface area contributed by atoms with Crippen molar-refractivity contribution in [3.05, 3.63) is 94.1 Å². The second-order valence-corrected chi connectivity index (χ2v) is 17.6. The van der Waals surface area contributed by atoms with Crippen LogP contribution in [0.1, 0.15) is 81.8 Å². The molecule has 14 nitrogen and oxygen atoms in total. The number of alkyl halides is 1. The Kier molecular flexibility index (Phi) is 11.0. The van der Waals surface area contributed by atoms with E-state index < -0.39 is 11.6 Å². The van der Waals surface area contributed by atoms with Crippen LogP contribution in [0.2, 0.25) is 0 Å². The number of Topliss-reactive ketones (excluding diaryl/α,β-unsaturated/α-hetero) is 2. The number of carbonyl (C=O) groups excluding carboxylic acids is 4. The predicted molar refractivity (Wildman–Crippen MR) is 224 cm³/mol. The van der Waals surface area contributed by atoms with Gasteiger partial charge in [-0.2, -0.15) is 0 Å². The third-order valence-corrected chi connectivity index (χ3v) is 13.2. The molecule has 1 atom stereocenters. The molecule has 11 rings (SSSR count). The number of aromatic amines is 1. The molecule has 6 heterocycles. The van der Waals surface area contributed by atoms with Crippen molar-refractivity contribution in [3.8, 4) is 45.7 Å². The van der Waals surface area contributed by atoms with E-state index in [0.29, 0.717) is 48.1 Å². The Balaban J connectivity index is 0.000000132. The van der Waals surface area contributed by atoms with Crippen molar-refractivity contribution in [3.63, 3.8) is 0 Å². The molecular weight excluding hydrogens is 868 g/mol. The monoisotopic (exact) mass is 909 g/mol. The molecule has 0 radical (unpaired) electrons. The molecule has 1 saturated carbocycles. The maximum absolute atomic E-state index is 14.2. The number of aromatic nitrogens is 5. The largest absolute Gasteiger partial charge is 0.494 e. The highest BCUT2D eigenvalue weighted by atomic mass is 79.9. The molecule has 2 spiro atoms. The number of H-pyrrole nitrogens is 1. The van der Waals surface area contributed by atoms with E-state index in [1.807, 2.05) is 0 Å². The van der Waals surface area contributed by atoms with E-state index in [4.69, 9.17) is 19.2 Å². The summed E-state index contributed by atoms with van der Waals surface area (Å²) in [6.45, 7) is 1.07. The van der Waals surface area contributed by atoms with Gasteiger partial charge in [-0.05, 0) is 98.0 Å². The molecule has 3 aromatic heterocycles. The van der Waals surface area contributed by atoms with Crippen LogP contribution < -0.4 is 20.1 Å². The lowest BCUT2D eigenvalue weighted by molar-refractivity contribution is -0.136. The van der Waals surface area contributed by atoms with E-state index in [-0.39, 0.29) is 57.2 Å². The highest BCUT2D eigenvalue weighted by molar-refractivity contribution is 9.10. The first-order chi connectivity index (χ1) is 29.9. The average Bonchev–Trinajstić information content (AvgIpc) is 3.63. The maximum atomic E-state index is 14.2. The highest BCUT2D eigenvalue weighted by Crippen LogP contribution is 2.40.